The third-order valence-electron chi connectivity index (χ3n) is 3.56. The molecule has 3 rings (SSSR count). The van der Waals surface area contributed by atoms with E-state index in [1.165, 1.54) is 30.3 Å². The number of carbonyl (C=O) groups is 3. The first-order valence-electron chi connectivity index (χ1n) is 8.09. The molecule has 0 unspecified atom stereocenters. The van der Waals surface area contributed by atoms with E-state index in [0.717, 1.165) is 12.1 Å². The molecule has 1 heterocycles. The smallest absolute Gasteiger partial charge is 0.482 e. The van der Waals surface area contributed by atoms with Crippen molar-refractivity contribution in [2.75, 3.05) is 23.8 Å². The van der Waals surface area contributed by atoms with Gasteiger partial charge in [-0.25, -0.2) is 4.79 Å². The molecule has 1 aliphatic rings. The van der Waals surface area contributed by atoms with Crippen LogP contribution in [0.25, 0.3) is 0 Å². The van der Waals surface area contributed by atoms with Gasteiger partial charge in [-0.2, -0.15) is 0 Å². The zero-order valence-electron chi connectivity index (χ0n) is 14.5. The molecule has 0 spiro atoms. The molecule has 11 heteroatoms. The third kappa shape index (κ3) is 5.61. The maximum absolute atomic E-state index is 12.1. The summed E-state index contributed by atoms with van der Waals surface area (Å²) in [6, 6.07) is 8.70. The number of nitrogens with one attached hydrogen (secondary N) is 2. The number of fused-ring (bicyclic) bond motifs is 1. The second-order valence-corrected chi connectivity index (χ2v) is 5.74. The van der Waals surface area contributed by atoms with Gasteiger partial charge in [0.25, 0.3) is 11.8 Å². The quantitative estimate of drug-likeness (QED) is 0.735. The summed E-state index contributed by atoms with van der Waals surface area (Å²) in [6.45, 7) is -0.797. The number of hydrogen-bond donors (Lipinski definition) is 2. The number of benzene rings is 2. The monoisotopic (exact) mass is 410 g/mol. The minimum atomic E-state index is -4.81. The van der Waals surface area contributed by atoms with Crippen molar-refractivity contribution >= 4 is 29.2 Å². The van der Waals surface area contributed by atoms with Gasteiger partial charge in [0.2, 0.25) is 0 Å². The minimum Gasteiger partial charge on any atom is -0.482 e. The molecular weight excluding hydrogens is 397 g/mol. The van der Waals surface area contributed by atoms with Crippen molar-refractivity contribution in [3.63, 3.8) is 0 Å². The molecule has 0 radical (unpaired) electrons. The number of ether oxygens (including phenoxy) is 3. The van der Waals surface area contributed by atoms with E-state index in [4.69, 9.17) is 9.47 Å². The van der Waals surface area contributed by atoms with Crippen LogP contribution >= 0.6 is 0 Å². The Kier molecular flexibility index (Phi) is 5.57. The summed E-state index contributed by atoms with van der Waals surface area (Å²) in [6.07, 6.45) is -4.81. The molecule has 0 aliphatic carbocycles. The molecule has 0 bridgehead atoms. The number of esters is 1. The van der Waals surface area contributed by atoms with Crippen molar-refractivity contribution in [3.05, 3.63) is 48.0 Å². The lowest BCUT2D eigenvalue weighted by Gasteiger charge is -2.18. The first-order chi connectivity index (χ1) is 13.7. The molecule has 2 amide bonds. The fourth-order valence-electron chi connectivity index (χ4n) is 2.35. The summed E-state index contributed by atoms with van der Waals surface area (Å²) in [5.74, 6) is -1.94. The summed E-state index contributed by atoms with van der Waals surface area (Å²) in [7, 11) is 0. The number of halogens is 3. The second kappa shape index (κ2) is 8.09. The Morgan fingerprint density at radius 2 is 1.86 bits per heavy atom. The average Bonchev–Trinajstić information content (AvgIpc) is 2.66. The largest absolute Gasteiger partial charge is 0.573 e. The van der Waals surface area contributed by atoms with Gasteiger partial charge in [0.05, 0.1) is 11.3 Å². The zero-order valence-corrected chi connectivity index (χ0v) is 14.5. The van der Waals surface area contributed by atoms with Crippen LogP contribution in [0.3, 0.4) is 0 Å². The van der Waals surface area contributed by atoms with Crippen LogP contribution in [0.1, 0.15) is 10.4 Å². The maximum Gasteiger partial charge on any atom is 0.573 e. The van der Waals surface area contributed by atoms with Crippen molar-refractivity contribution < 1.29 is 41.8 Å². The van der Waals surface area contributed by atoms with Gasteiger partial charge in [-0.3, -0.25) is 9.59 Å². The number of carbonyl (C=O) groups excluding carboxylic acids is 3. The number of rotatable bonds is 5. The summed E-state index contributed by atoms with van der Waals surface area (Å²) < 4.78 is 50.1. The second-order valence-electron chi connectivity index (χ2n) is 5.74. The molecule has 152 valence electrons. The summed E-state index contributed by atoms with van der Waals surface area (Å²) in [5, 5.41) is 4.94. The molecule has 8 nitrogen and oxygen atoms in total. The van der Waals surface area contributed by atoms with E-state index in [1.54, 1.807) is 0 Å². The average molecular weight is 410 g/mol. The van der Waals surface area contributed by atoms with Crippen LogP contribution in [-0.4, -0.2) is 37.4 Å². The van der Waals surface area contributed by atoms with Gasteiger partial charge < -0.3 is 24.8 Å². The fourth-order valence-corrected chi connectivity index (χ4v) is 2.35. The van der Waals surface area contributed by atoms with E-state index in [-0.39, 0.29) is 23.8 Å². The van der Waals surface area contributed by atoms with Crippen LogP contribution in [0.4, 0.5) is 24.5 Å². The highest BCUT2D eigenvalue weighted by atomic mass is 19.4. The summed E-state index contributed by atoms with van der Waals surface area (Å²) >= 11 is 0. The first-order valence-corrected chi connectivity index (χ1v) is 8.09. The van der Waals surface area contributed by atoms with E-state index in [0.29, 0.717) is 11.4 Å². The normalized spacial score (nSPS) is 12.9. The summed E-state index contributed by atoms with van der Waals surface area (Å²) in [4.78, 5) is 35.1. The lowest BCUT2D eigenvalue weighted by atomic mass is 10.1. The standard InChI is InChI=1S/C18H13F3N2O6/c19-18(20,21)29-12-4-2-11(3-5-12)22-15(24)9-28-17(26)10-1-6-13-14(7-10)27-8-16(25)23-13/h1-7H,8-9H2,(H,22,24)(H,23,25). The van der Waals surface area contributed by atoms with Crippen molar-refractivity contribution in [2.45, 2.75) is 6.36 Å². The fraction of sp³-hybridized carbons (Fsp3) is 0.167. The molecule has 0 saturated heterocycles. The van der Waals surface area contributed by atoms with Crippen LogP contribution < -0.4 is 20.1 Å². The highest BCUT2D eigenvalue weighted by molar-refractivity contribution is 5.98. The molecule has 0 fully saturated rings. The number of hydrogen-bond acceptors (Lipinski definition) is 6. The third-order valence-corrected chi connectivity index (χ3v) is 3.56. The molecule has 0 atom stereocenters. The number of amides is 2. The van der Waals surface area contributed by atoms with E-state index < -0.39 is 30.6 Å². The zero-order chi connectivity index (χ0) is 21.0. The highest BCUT2D eigenvalue weighted by Gasteiger charge is 2.31. The summed E-state index contributed by atoms with van der Waals surface area (Å²) in [5.41, 5.74) is 0.716. The van der Waals surface area contributed by atoms with E-state index in [2.05, 4.69) is 15.4 Å². The Bertz CT molecular complexity index is 944. The molecule has 0 saturated carbocycles. The molecule has 2 N–H and O–H groups in total. The molecule has 1 aliphatic heterocycles. The molecule has 0 aromatic heterocycles. The number of alkyl halides is 3. The highest BCUT2D eigenvalue weighted by Crippen LogP contribution is 2.28. The Balaban J connectivity index is 1.51. The van der Waals surface area contributed by atoms with Gasteiger partial charge in [-0.1, -0.05) is 0 Å². The van der Waals surface area contributed by atoms with Gasteiger partial charge in [0, 0.05) is 5.69 Å². The van der Waals surface area contributed by atoms with Gasteiger partial charge >= 0.3 is 12.3 Å². The first kappa shape index (κ1) is 20.0. The Morgan fingerprint density at radius 1 is 1.14 bits per heavy atom. The number of anilines is 2. The van der Waals surface area contributed by atoms with Crippen molar-refractivity contribution in [1.29, 1.82) is 0 Å². The van der Waals surface area contributed by atoms with Crippen LogP contribution in [0, 0.1) is 0 Å². The van der Waals surface area contributed by atoms with Crippen LogP contribution in [0.5, 0.6) is 11.5 Å². The Hall–Kier alpha value is -3.76. The lowest BCUT2D eigenvalue weighted by molar-refractivity contribution is -0.274. The topological polar surface area (TPSA) is 103 Å². The Morgan fingerprint density at radius 3 is 2.55 bits per heavy atom. The predicted molar refractivity (Wildman–Crippen MR) is 92.6 cm³/mol. The predicted octanol–water partition coefficient (Wildman–Crippen LogP) is 2.71. The minimum absolute atomic E-state index is 0.112. The maximum atomic E-state index is 12.1. The Labute approximate surface area is 161 Å². The molecule has 29 heavy (non-hydrogen) atoms. The van der Waals surface area contributed by atoms with Gasteiger partial charge in [0.15, 0.2) is 13.2 Å². The van der Waals surface area contributed by atoms with E-state index in [1.807, 2.05) is 0 Å². The van der Waals surface area contributed by atoms with Gasteiger partial charge in [-0.05, 0) is 42.5 Å². The SMILES string of the molecule is O=C(COC(=O)c1ccc2c(c1)OCC(=O)N2)Nc1ccc(OC(F)(F)F)cc1. The lowest BCUT2D eigenvalue weighted by Crippen LogP contribution is -2.25. The van der Waals surface area contributed by atoms with Gasteiger partial charge in [-0.15, -0.1) is 13.2 Å². The van der Waals surface area contributed by atoms with Crippen LogP contribution in [-0.2, 0) is 14.3 Å². The van der Waals surface area contributed by atoms with Crippen molar-refractivity contribution in [3.8, 4) is 11.5 Å². The van der Waals surface area contributed by atoms with Crippen LogP contribution in [0.2, 0.25) is 0 Å². The van der Waals surface area contributed by atoms with Gasteiger partial charge in [0.1, 0.15) is 11.5 Å². The van der Waals surface area contributed by atoms with E-state index >= 15 is 0 Å². The van der Waals surface area contributed by atoms with Crippen molar-refractivity contribution in [1.82, 2.24) is 0 Å². The molecule has 2 aromatic carbocycles. The van der Waals surface area contributed by atoms with Crippen LogP contribution in [0.15, 0.2) is 42.5 Å². The van der Waals surface area contributed by atoms with Crippen molar-refractivity contribution in [2.24, 2.45) is 0 Å². The molecular formula is C18H13F3N2O6. The van der Waals surface area contributed by atoms with E-state index in [9.17, 15) is 27.6 Å². The molecule has 2 aromatic rings.